The first-order valence-corrected chi connectivity index (χ1v) is 8.69. The minimum Gasteiger partial charge on any atom is -0.480 e. The lowest BCUT2D eigenvalue weighted by Crippen LogP contribution is -2.54. The molecule has 0 bridgehead atoms. The maximum absolute atomic E-state index is 12.5. The van der Waals surface area contributed by atoms with E-state index in [0.717, 1.165) is 31.2 Å². The van der Waals surface area contributed by atoms with Gasteiger partial charge in [-0.2, -0.15) is 0 Å². The van der Waals surface area contributed by atoms with Crippen LogP contribution in [0.3, 0.4) is 0 Å². The predicted octanol–water partition coefficient (Wildman–Crippen LogP) is 3.52. The van der Waals surface area contributed by atoms with Gasteiger partial charge in [0.15, 0.2) is 0 Å². The Balaban J connectivity index is 2.05. The molecule has 0 saturated heterocycles. The van der Waals surface area contributed by atoms with Gasteiger partial charge in [0.05, 0.1) is 12.7 Å². The number of hydrogen-bond acceptors (Lipinski definition) is 3. The molecule has 5 nitrogen and oxygen atoms in total. The van der Waals surface area contributed by atoms with Crippen LogP contribution in [0.25, 0.3) is 0 Å². The number of ether oxygens (including phenoxy) is 1. The van der Waals surface area contributed by atoms with E-state index in [2.05, 4.69) is 5.32 Å². The van der Waals surface area contributed by atoms with Gasteiger partial charge in [0.2, 0.25) is 0 Å². The molecule has 5 heteroatoms. The normalized spacial score (nSPS) is 17.3. The summed E-state index contributed by atoms with van der Waals surface area (Å²) in [5.74, 6) is -1.25. The summed E-state index contributed by atoms with van der Waals surface area (Å²) in [7, 11) is 0. The Hall–Kier alpha value is -1.88. The van der Waals surface area contributed by atoms with Gasteiger partial charge in [0.25, 0.3) is 5.91 Å². The van der Waals surface area contributed by atoms with Crippen molar-refractivity contribution in [1.29, 1.82) is 0 Å². The second kappa shape index (κ2) is 8.29. The maximum atomic E-state index is 12.5. The lowest BCUT2D eigenvalue weighted by molar-refractivity contribution is -0.145. The fourth-order valence-electron chi connectivity index (χ4n) is 3.03. The second-order valence-electron chi connectivity index (χ2n) is 6.81. The monoisotopic (exact) mass is 333 g/mol. The minimum atomic E-state index is -1.13. The lowest BCUT2D eigenvalue weighted by atomic mass is 9.89. The van der Waals surface area contributed by atoms with Crippen molar-refractivity contribution in [2.75, 3.05) is 0 Å². The van der Waals surface area contributed by atoms with Crippen molar-refractivity contribution < 1.29 is 19.4 Å². The molecule has 2 N–H and O–H groups in total. The van der Waals surface area contributed by atoms with Crippen molar-refractivity contribution in [3.63, 3.8) is 0 Å². The zero-order chi connectivity index (χ0) is 17.6. The number of carbonyl (C=O) groups excluding carboxylic acids is 1. The molecule has 0 unspecified atom stereocenters. The summed E-state index contributed by atoms with van der Waals surface area (Å²) in [5, 5.41) is 12.4. The van der Waals surface area contributed by atoms with Crippen LogP contribution in [0.4, 0.5) is 0 Å². The van der Waals surface area contributed by atoms with Crippen molar-refractivity contribution in [2.45, 2.75) is 70.6 Å². The van der Waals surface area contributed by atoms with E-state index in [4.69, 9.17) is 4.74 Å². The van der Waals surface area contributed by atoms with E-state index < -0.39 is 11.5 Å². The number of benzene rings is 1. The first kappa shape index (κ1) is 18.5. The molecule has 1 saturated carbocycles. The summed E-state index contributed by atoms with van der Waals surface area (Å²) >= 11 is 0. The molecule has 1 aliphatic carbocycles. The average molecular weight is 333 g/mol. The van der Waals surface area contributed by atoms with Crippen molar-refractivity contribution in [1.82, 2.24) is 5.32 Å². The standard InChI is InChI=1S/C19H27NO4/c1-14(2)24-13-15-7-9-16(10-8-15)17(21)20-19(18(22)23)11-5-3-4-6-12-19/h7-10,14H,3-6,11-13H2,1-2H3,(H,20,21)(H,22,23). The van der Waals surface area contributed by atoms with Gasteiger partial charge in [-0.1, -0.05) is 37.8 Å². The maximum Gasteiger partial charge on any atom is 0.329 e. The third-order valence-electron chi connectivity index (χ3n) is 4.52. The van der Waals surface area contributed by atoms with E-state index in [0.29, 0.717) is 25.0 Å². The number of rotatable bonds is 6. The highest BCUT2D eigenvalue weighted by Gasteiger charge is 2.40. The van der Waals surface area contributed by atoms with Crippen LogP contribution in [-0.4, -0.2) is 28.6 Å². The predicted molar refractivity (Wildman–Crippen MR) is 91.9 cm³/mol. The largest absolute Gasteiger partial charge is 0.480 e. The zero-order valence-electron chi connectivity index (χ0n) is 14.5. The number of hydrogen-bond donors (Lipinski definition) is 2. The Morgan fingerprint density at radius 1 is 1.12 bits per heavy atom. The second-order valence-corrected chi connectivity index (χ2v) is 6.81. The van der Waals surface area contributed by atoms with Gasteiger partial charge >= 0.3 is 5.97 Å². The van der Waals surface area contributed by atoms with Crippen LogP contribution in [0.1, 0.15) is 68.3 Å². The molecular formula is C19H27NO4. The summed E-state index contributed by atoms with van der Waals surface area (Å²) < 4.78 is 5.53. The third kappa shape index (κ3) is 4.81. The van der Waals surface area contributed by atoms with E-state index in [9.17, 15) is 14.7 Å². The van der Waals surface area contributed by atoms with Gasteiger partial charge in [-0.3, -0.25) is 4.79 Å². The Kier molecular flexibility index (Phi) is 6.37. The topological polar surface area (TPSA) is 75.6 Å². The highest BCUT2D eigenvalue weighted by atomic mass is 16.5. The van der Waals surface area contributed by atoms with E-state index >= 15 is 0 Å². The number of nitrogens with one attached hydrogen (secondary N) is 1. The molecule has 1 aliphatic rings. The highest BCUT2D eigenvalue weighted by molar-refractivity contribution is 5.97. The summed E-state index contributed by atoms with van der Waals surface area (Å²) in [6.07, 6.45) is 4.85. The van der Waals surface area contributed by atoms with E-state index in [1.165, 1.54) is 0 Å². The van der Waals surface area contributed by atoms with Crippen LogP contribution in [0.15, 0.2) is 24.3 Å². The van der Waals surface area contributed by atoms with Crippen molar-refractivity contribution in [3.8, 4) is 0 Å². The molecule has 132 valence electrons. The molecule has 24 heavy (non-hydrogen) atoms. The lowest BCUT2D eigenvalue weighted by Gasteiger charge is -2.29. The zero-order valence-corrected chi connectivity index (χ0v) is 14.5. The van der Waals surface area contributed by atoms with Crippen molar-refractivity contribution in [2.24, 2.45) is 0 Å². The van der Waals surface area contributed by atoms with Crippen molar-refractivity contribution >= 4 is 11.9 Å². The molecule has 0 radical (unpaired) electrons. The Bertz CT molecular complexity index is 557. The molecule has 0 aliphatic heterocycles. The van der Waals surface area contributed by atoms with E-state index in [1.54, 1.807) is 12.1 Å². The summed E-state index contributed by atoms with van der Waals surface area (Å²) in [5.41, 5.74) is 0.336. The molecule has 1 fully saturated rings. The molecular weight excluding hydrogens is 306 g/mol. The molecule has 2 rings (SSSR count). The van der Waals surface area contributed by atoms with Crippen LogP contribution >= 0.6 is 0 Å². The summed E-state index contributed by atoms with van der Waals surface area (Å²) in [6.45, 7) is 4.44. The summed E-state index contributed by atoms with van der Waals surface area (Å²) in [4.78, 5) is 24.3. The number of carboxylic acids is 1. The van der Waals surface area contributed by atoms with Gasteiger partial charge in [-0.15, -0.1) is 0 Å². The van der Waals surface area contributed by atoms with Crippen LogP contribution in [0.2, 0.25) is 0 Å². The Morgan fingerprint density at radius 2 is 1.71 bits per heavy atom. The Labute approximate surface area is 143 Å². The van der Waals surface area contributed by atoms with Crippen molar-refractivity contribution in [3.05, 3.63) is 35.4 Å². The fraction of sp³-hybridized carbons (Fsp3) is 0.579. The smallest absolute Gasteiger partial charge is 0.329 e. The molecule has 1 aromatic carbocycles. The van der Waals surface area contributed by atoms with E-state index in [1.807, 2.05) is 26.0 Å². The SMILES string of the molecule is CC(C)OCc1ccc(C(=O)NC2(C(=O)O)CCCCCC2)cc1. The molecule has 1 aromatic rings. The van der Waals surface area contributed by atoms with Gasteiger partial charge in [0, 0.05) is 5.56 Å². The van der Waals surface area contributed by atoms with Crippen LogP contribution < -0.4 is 5.32 Å². The number of carboxylic acid groups (broad SMARTS) is 1. The minimum absolute atomic E-state index is 0.152. The quantitative estimate of drug-likeness (QED) is 0.781. The molecule has 1 amide bonds. The number of carbonyl (C=O) groups is 2. The van der Waals surface area contributed by atoms with Crippen LogP contribution in [0.5, 0.6) is 0 Å². The van der Waals surface area contributed by atoms with Crippen LogP contribution in [0, 0.1) is 0 Å². The van der Waals surface area contributed by atoms with Gasteiger partial charge < -0.3 is 15.2 Å². The first-order valence-electron chi connectivity index (χ1n) is 8.69. The van der Waals surface area contributed by atoms with E-state index in [-0.39, 0.29) is 12.0 Å². The number of aliphatic carboxylic acids is 1. The molecule has 0 heterocycles. The first-order chi connectivity index (χ1) is 11.4. The molecule has 0 atom stereocenters. The summed E-state index contributed by atoms with van der Waals surface area (Å²) in [6, 6.07) is 7.14. The van der Waals surface area contributed by atoms with Gasteiger partial charge in [0.1, 0.15) is 5.54 Å². The third-order valence-corrected chi connectivity index (χ3v) is 4.52. The van der Waals surface area contributed by atoms with Gasteiger partial charge in [-0.05, 0) is 44.4 Å². The van der Waals surface area contributed by atoms with Gasteiger partial charge in [-0.25, -0.2) is 4.79 Å². The molecule has 0 spiro atoms. The van der Waals surface area contributed by atoms with Crippen LogP contribution in [-0.2, 0) is 16.1 Å². The number of amides is 1. The average Bonchev–Trinajstić information content (AvgIpc) is 2.80. The fourth-order valence-corrected chi connectivity index (χ4v) is 3.03. The Morgan fingerprint density at radius 3 is 2.21 bits per heavy atom. The highest BCUT2D eigenvalue weighted by Crippen LogP contribution is 2.28. The molecule has 0 aromatic heterocycles.